The number of hydrogen-bond acceptors (Lipinski definition) is 2. The first-order valence-electron chi connectivity index (χ1n) is 5.76. The highest BCUT2D eigenvalue weighted by Gasteiger charge is 2.34. The number of benzene rings is 1. The van der Waals surface area contributed by atoms with Gasteiger partial charge in [0.15, 0.2) is 0 Å². The Morgan fingerprint density at radius 2 is 1.94 bits per heavy atom. The number of hydrogen-bond donors (Lipinski definition) is 1. The molecule has 0 amide bonds. The minimum absolute atomic E-state index is 0.234. The SMILES string of the molecule is NCCc1ccc(CC2(F)CCOC2)cc1. The third kappa shape index (κ3) is 2.80. The van der Waals surface area contributed by atoms with E-state index in [1.54, 1.807) is 0 Å². The van der Waals surface area contributed by atoms with Crippen LogP contribution in [0, 0.1) is 0 Å². The molecule has 3 heteroatoms. The second-order valence-corrected chi connectivity index (χ2v) is 4.49. The fraction of sp³-hybridized carbons (Fsp3) is 0.538. The van der Waals surface area contributed by atoms with Crippen molar-refractivity contribution in [2.75, 3.05) is 19.8 Å². The highest BCUT2D eigenvalue weighted by molar-refractivity contribution is 5.24. The monoisotopic (exact) mass is 223 g/mol. The summed E-state index contributed by atoms with van der Waals surface area (Å²) in [6, 6.07) is 8.04. The lowest BCUT2D eigenvalue weighted by Gasteiger charge is -2.17. The lowest BCUT2D eigenvalue weighted by Crippen LogP contribution is -2.25. The topological polar surface area (TPSA) is 35.2 Å². The van der Waals surface area contributed by atoms with Crippen LogP contribution >= 0.6 is 0 Å². The van der Waals surface area contributed by atoms with Crippen molar-refractivity contribution in [3.05, 3.63) is 35.4 Å². The molecule has 0 aromatic heterocycles. The highest BCUT2D eigenvalue weighted by atomic mass is 19.1. The van der Waals surface area contributed by atoms with Gasteiger partial charge in [-0.25, -0.2) is 4.39 Å². The molecule has 1 atom stereocenters. The number of nitrogens with two attached hydrogens (primary N) is 1. The predicted octanol–water partition coefficient (Wildman–Crippen LogP) is 1.86. The van der Waals surface area contributed by atoms with Crippen molar-refractivity contribution in [2.24, 2.45) is 5.73 Å². The van der Waals surface area contributed by atoms with E-state index in [0.717, 1.165) is 12.0 Å². The zero-order chi connectivity index (χ0) is 11.4. The van der Waals surface area contributed by atoms with Crippen LogP contribution in [0.5, 0.6) is 0 Å². The molecule has 0 bridgehead atoms. The first-order valence-corrected chi connectivity index (χ1v) is 5.76. The summed E-state index contributed by atoms with van der Waals surface area (Å²) in [4.78, 5) is 0. The molecule has 0 radical (unpaired) electrons. The molecule has 1 unspecified atom stereocenters. The molecule has 1 saturated heterocycles. The lowest BCUT2D eigenvalue weighted by atomic mass is 9.95. The van der Waals surface area contributed by atoms with E-state index in [-0.39, 0.29) is 6.61 Å². The summed E-state index contributed by atoms with van der Waals surface area (Å²) in [7, 11) is 0. The molecule has 0 aliphatic carbocycles. The van der Waals surface area contributed by atoms with E-state index in [2.05, 4.69) is 0 Å². The molecular formula is C13H18FNO. The summed E-state index contributed by atoms with van der Waals surface area (Å²) < 4.78 is 19.2. The van der Waals surface area contributed by atoms with Gasteiger partial charge in [0.2, 0.25) is 0 Å². The molecule has 1 fully saturated rings. The van der Waals surface area contributed by atoms with Gasteiger partial charge in [0.25, 0.3) is 0 Å². The van der Waals surface area contributed by atoms with Gasteiger partial charge in [-0.3, -0.25) is 0 Å². The average molecular weight is 223 g/mol. The smallest absolute Gasteiger partial charge is 0.140 e. The lowest BCUT2D eigenvalue weighted by molar-refractivity contribution is 0.112. The Morgan fingerprint density at radius 1 is 1.25 bits per heavy atom. The van der Waals surface area contributed by atoms with Crippen LogP contribution in [0.2, 0.25) is 0 Å². The Labute approximate surface area is 95.6 Å². The van der Waals surface area contributed by atoms with E-state index in [4.69, 9.17) is 10.5 Å². The van der Waals surface area contributed by atoms with Crippen molar-refractivity contribution < 1.29 is 9.13 Å². The molecule has 1 aromatic carbocycles. The van der Waals surface area contributed by atoms with Crippen LogP contribution in [0.3, 0.4) is 0 Å². The van der Waals surface area contributed by atoms with Gasteiger partial charge in [0.1, 0.15) is 5.67 Å². The molecule has 0 spiro atoms. The Balaban J connectivity index is 1.99. The minimum Gasteiger partial charge on any atom is -0.378 e. The molecule has 1 aromatic rings. The normalized spacial score (nSPS) is 24.9. The van der Waals surface area contributed by atoms with Crippen LogP contribution in [0.4, 0.5) is 4.39 Å². The first-order chi connectivity index (χ1) is 7.72. The summed E-state index contributed by atoms with van der Waals surface area (Å²) in [5, 5.41) is 0. The van der Waals surface area contributed by atoms with Crippen molar-refractivity contribution >= 4 is 0 Å². The van der Waals surface area contributed by atoms with Gasteiger partial charge < -0.3 is 10.5 Å². The van der Waals surface area contributed by atoms with Gasteiger partial charge in [-0.1, -0.05) is 24.3 Å². The quantitative estimate of drug-likeness (QED) is 0.845. The van der Waals surface area contributed by atoms with Gasteiger partial charge in [0.05, 0.1) is 6.61 Å². The van der Waals surface area contributed by atoms with Crippen molar-refractivity contribution in [1.82, 2.24) is 0 Å². The van der Waals surface area contributed by atoms with Crippen molar-refractivity contribution in [3.8, 4) is 0 Å². The summed E-state index contributed by atoms with van der Waals surface area (Å²) in [5.41, 5.74) is 6.56. The standard InChI is InChI=1S/C13H18FNO/c14-13(6-8-16-10-13)9-12-3-1-11(2-4-12)5-7-15/h1-4H,5-10,15H2. The molecule has 16 heavy (non-hydrogen) atoms. The van der Waals surface area contributed by atoms with Crippen LogP contribution in [-0.2, 0) is 17.6 Å². The van der Waals surface area contributed by atoms with Crippen molar-refractivity contribution in [1.29, 1.82) is 0 Å². The van der Waals surface area contributed by atoms with Gasteiger partial charge in [-0.2, -0.15) is 0 Å². The van der Waals surface area contributed by atoms with Gasteiger partial charge in [-0.15, -0.1) is 0 Å². The molecule has 1 aliphatic rings. The largest absolute Gasteiger partial charge is 0.378 e. The number of rotatable bonds is 4. The average Bonchev–Trinajstić information content (AvgIpc) is 2.68. The number of halogens is 1. The van der Waals surface area contributed by atoms with Crippen LogP contribution in [-0.4, -0.2) is 25.4 Å². The third-order valence-electron chi connectivity index (χ3n) is 3.03. The van der Waals surface area contributed by atoms with E-state index in [9.17, 15) is 4.39 Å². The summed E-state index contributed by atoms with van der Waals surface area (Å²) >= 11 is 0. The number of alkyl halides is 1. The molecule has 2 nitrogen and oxygen atoms in total. The summed E-state index contributed by atoms with van der Waals surface area (Å²) in [6.07, 6.45) is 1.84. The van der Waals surface area contributed by atoms with E-state index < -0.39 is 5.67 Å². The Bertz CT molecular complexity index is 330. The maximum absolute atomic E-state index is 14.1. The van der Waals surface area contributed by atoms with Crippen molar-refractivity contribution in [3.63, 3.8) is 0 Å². The van der Waals surface area contributed by atoms with Crippen LogP contribution < -0.4 is 5.73 Å². The second-order valence-electron chi connectivity index (χ2n) is 4.49. The summed E-state index contributed by atoms with van der Waals surface area (Å²) in [5.74, 6) is 0. The molecule has 0 saturated carbocycles. The molecule has 2 N–H and O–H groups in total. The van der Waals surface area contributed by atoms with Gasteiger partial charge >= 0.3 is 0 Å². The van der Waals surface area contributed by atoms with E-state index in [0.29, 0.717) is 26.0 Å². The fourth-order valence-electron chi connectivity index (χ4n) is 2.08. The minimum atomic E-state index is -1.16. The predicted molar refractivity (Wildman–Crippen MR) is 62.2 cm³/mol. The van der Waals surface area contributed by atoms with E-state index in [1.165, 1.54) is 5.56 Å². The molecular weight excluding hydrogens is 205 g/mol. The van der Waals surface area contributed by atoms with Crippen LogP contribution in [0.15, 0.2) is 24.3 Å². The zero-order valence-corrected chi connectivity index (χ0v) is 9.42. The highest BCUT2D eigenvalue weighted by Crippen LogP contribution is 2.27. The first kappa shape index (κ1) is 11.6. The van der Waals surface area contributed by atoms with E-state index in [1.807, 2.05) is 24.3 Å². The maximum Gasteiger partial charge on any atom is 0.140 e. The second kappa shape index (κ2) is 4.93. The van der Waals surface area contributed by atoms with Gasteiger partial charge in [0, 0.05) is 19.4 Å². The van der Waals surface area contributed by atoms with Crippen molar-refractivity contribution in [2.45, 2.75) is 24.9 Å². The Kier molecular flexibility index (Phi) is 3.56. The van der Waals surface area contributed by atoms with Crippen LogP contribution in [0.25, 0.3) is 0 Å². The van der Waals surface area contributed by atoms with Gasteiger partial charge in [-0.05, 0) is 24.1 Å². The summed E-state index contributed by atoms with van der Waals surface area (Å²) in [6.45, 7) is 1.43. The molecule has 1 aliphatic heterocycles. The van der Waals surface area contributed by atoms with Crippen LogP contribution in [0.1, 0.15) is 17.5 Å². The van der Waals surface area contributed by atoms with E-state index >= 15 is 0 Å². The fourth-order valence-corrected chi connectivity index (χ4v) is 2.08. The Hall–Kier alpha value is -0.930. The molecule has 2 rings (SSSR count). The molecule has 1 heterocycles. The number of ether oxygens (including phenoxy) is 1. The maximum atomic E-state index is 14.1. The Morgan fingerprint density at radius 3 is 2.50 bits per heavy atom. The zero-order valence-electron chi connectivity index (χ0n) is 9.42. The molecule has 88 valence electrons. The third-order valence-corrected chi connectivity index (χ3v) is 3.03.